The third-order valence-corrected chi connectivity index (χ3v) is 6.26. The van der Waals surface area contributed by atoms with E-state index in [0.717, 1.165) is 57.1 Å². The Balaban J connectivity index is 1.43. The molecule has 3 rings (SSSR count). The van der Waals surface area contributed by atoms with Crippen LogP contribution in [0.25, 0.3) is 0 Å². The first-order valence-electron chi connectivity index (χ1n) is 10.6. The number of piperazine rings is 1. The molecule has 2 aromatic rings. The monoisotopic (exact) mass is 430 g/mol. The average molecular weight is 431 g/mol. The number of benzene rings is 1. The Kier molecular flexibility index (Phi) is 8.30. The minimum atomic E-state index is -0.312. The van der Waals surface area contributed by atoms with Crippen molar-refractivity contribution in [3.8, 4) is 0 Å². The van der Waals surface area contributed by atoms with E-state index in [1.165, 1.54) is 11.3 Å². The summed E-state index contributed by atoms with van der Waals surface area (Å²) in [6.45, 7) is 11.3. The number of rotatable bonds is 9. The first kappa shape index (κ1) is 22.3. The summed E-state index contributed by atoms with van der Waals surface area (Å²) in [4.78, 5) is 29.7. The molecule has 1 saturated heterocycles. The summed E-state index contributed by atoms with van der Waals surface area (Å²) >= 11 is 1.28. The van der Waals surface area contributed by atoms with E-state index in [1.54, 1.807) is 24.3 Å². The highest BCUT2D eigenvalue weighted by molar-refractivity contribution is 7.13. The number of amides is 2. The smallest absolute Gasteiger partial charge is 0.286 e. The molecule has 0 aliphatic carbocycles. The van der Waals surface area contributed by atoms with Crippen LogP contribution in [0.3, 0.4) is 0 Å². The van der Waals surface area contributed by atoms with Crippen molar-refractivity contribution in [1.29, 1.82) is 0 Å². The number of anilines is 1. The third kappa shape index (κ3) is 6.32. The van der Waals surface area contributed by atoms with E-state index in [0.29, 0.717) is 22.8 Å². The van der Waals surface area contributed by atoms with E-state index < -0.39 is 0 Å². The molecule has 0 radical (unpaired) electrons. The van der Waals surface area contributed by atoms with E-state index in [1.807, 2.05) is 6.92 Å². The quantitative estimate of drug-likeness (QED) is 0.592. The van der Waals surface area contributed by atoms with E-state index in [4.69, 9.17) is 0 Å². The molecule has 1 aromatic heterocycles. The first-order valence-corrected chi connectivity index (χ1v) is 11.4. The molecule has 9 heteroatoms. The Morgan fingerprint density at radius 3 is 2.53 bits per heavy atom. The van der Waals surface area contributed by atoms with Crippen molar-refractivity contribution in [2.24, 2.45) is 0 Å². The fourth-order valence-electron chi connectivity index (χ4n) is 3.35. The number of likely N-dealkylation sites (N-methyl/N-ethyl adjacent to an activating group) is 1. The normalized spacial score (nSPS) is 15.1. The molecular weight excluding hydrogens is 400 g/mol. The summed E-state index contributed by atoms with van der Waals surface area (Å²) in [5.74, 6) is -0.445. The van der Waals surface area contributed by atoms with Gasteiger partial charge in [0.1, 0.15) is 5.01 Å². The topological polar surface area (TPSA) is 90.5 Å². The van der Waals surface area contributed by atoms with Gasteiger partial charge >= 0.3 is 0 Å². The van der Waals surface area contributed by atoms with Crippen molar-refractivity contribution in [3.05, 3.63) is 39.8 Å². The summed E-state index contributed by atoms with van der Waals surface area (Å²) < 4.78 is 0. The summed E-state index contributed by atoms with van der Waals surface area (Å²) in [6, 6.07) is 6.94. The van der Waals surface area contributed by atoms with Crippen LogP contribution in [0.2, 0.25) is 0 Å². The lowest BCUT2D eigenvalue weighted by atomic mass is 10.2. The van der Waals surface area contributed by atoms with Gasteiger partial charge in [0.05, 0.1) is 0 Å². The van der Waals surface area contributed by atoms with Gasteiger partial charge in [-0.15, -0.1) is 10.2 Å². The number of nitrogens with one attached hydrogen (secondary N) is 2. The average Bonchev–Trinajstić information content (AvgIpc) is 3.27. The van der Waals surface area contributed by atoms with Gasteiger partial charge in [-0.25, -0.2) is 0 Å². The van der Waals surface area contributed by atoms with Crippen molar-refractivity contribution < 1.29 is 9.59 Å². The molecule has 2 heterocycles. The van der Waals surface area contributed by atoms with Crippen molar-refractivity contribution in [2.75, 3.05) is 51.1 Å². The van der Waals surface area contributed by atoms with Crippen LogP contribution < -0.4 is 10.6 Å². The SMILES string of the molecule is CCc1nnc(C(=O)Nc2cccc(C(=O)NCCCN3CCN(CC)CC3)c2)s1. The van der Waals surface area contributed by atoms with Gasteiger partial charge in [-0.2, -0.15) is 0 Å². The number of hydrogen-bond acceptors (Lipinski definition) is 7. The number of hydrogen-bond donors (Lipinski definition) is 2. The fourth-order valence-corrected chi connectivity index (χ4v) is 4.02. The number of nitrogens with zero attached hydrogens (tertiary/aromatic N) is 4. The molecular formula is C21H30N6O2S. The molecule has 1 aliphatic heterocycles. The molecule has 2 amide bonds. The summed E-state index contributed by atoms with van der Waals surface area (Å²) in [5.41, 5.74) is 1.09. The molecule has 162 valence electrons. The molecule has 0 spiro atoms. The van der Waals surface area contributed by atoms with Crippen molar-refractivity contribution in [1.82, 2.24) is 25.3 Å². The molecule has 0 bridgehead atoms. The van der Waals surface area contributed by atoms with Crippen LogP contribution in [0.1, 0.15) is 45.4 Å². The van der Waals surface area contributed by atoms with Crippen LogP contribution in [0, 0.1) is 0 Å². The summed E-state index contributed by atoms with van der Waals surface area (Å²) in [7, 11) is 0. The lowest BCUT2D eigenvalue weighted by molar-refractivity contribution is 0.0947. The maximum Gasteiger partial charge on any atom is 0.286 e. The van der Waals surface area contributed by atoms with Crippen molar-refractivity contribution in [3.63, 3.8) is 0 Å². The Morgan fingerprint density at radius 2 is 1.83 bits per heavy atom. The van der Waals surface area contributed by atoms with Crippen LogP contribution in [0.15, 0.2) is 24.3 Å². The van der Waals surface area contributed by atoms with E-state index in [9.17, 15) is 9.59 Å². The van der Waals surface area contributed by atoms with Crippen molar-refractivity contribution >= 4 is 28.8 Å². The zero-order valence-electron chi connectivity index (χ0n) is 17.7. The van der Waals surface area contributed by atoms with E-state index in [-0.39, 0.29) is 11.8 Å². The zero-order chi connectivity index (χ0) is 21.3. The second-order valence-electron chi connectivity index (χ2n) is 7.27. The Labute approximate surface area is 181 Å². The second kappa shape index (κ2) is 11.1. The van der Waals surface area contributed by atoms with Gasteiger partial charge in [-0.1, -0.05) is 31.3 Å². The first-order chi connectivity index (χ1) is 14.6. The van der Waals surface area contributed by atoms with Crippen LogP contribution in [-0.2, 0) is 6.42 Å². The highest BCUT2D eigenvalue weighted by atomic mass is 32.1. The van der Waals surface area contributed by atoms with Gasteiger partial charge in [0.2, 0.25) is 5.01 Å². The van der Waals surface area contributed by atoms with Crippen LogP contribution in [0.4, 0.5) is 5.69 Å². The summed E-state index contributed by atoms with van der Waals surface area (Å²) in [6.07, 6.45) is 1.67. The zero-order valence-corrected chi connectivity index (χ0v) is 18.5. The molecule has 8 nitrogen and oxygen atoms in total. The maximum atomic E-state index is 12.5. The molecule has 1 aliphatic rings. The second-order valence-corrected chi connectivity index (χ2v) is 8.34. The molecule has 2 N–H and O–H groups in total. The van der Waals surface area contributed by atoms with Gasteiger partial charge in [0.25, 0.3) is 11.8 Å². The number of carbonyl (C=O) groups excluding carboxylic acids is 2. The standard InChI is InChI=1S/C21H30N6O2S/c1-3-18-24-25-21(30-18)20(29)23-17-8-5-7-16(15-17)19(28)22-9-6-10-27-13-11-26(4-2)12-14-27/h5,7-8,15H,3-4,6,9-14H2,1-2H3,(H,22,28)(H,23,29). The predicted octanol–water partition coefficient (Wildman–Crippen LogP) is 2.11. The minimum absolute atomic E-state index is 0.133. The number of carbonyl (C=O) groups is 2. The number of aromatic nitrogens is 2. The Bertz CT molecular complexity index is 848. The van der Waals surface area contributed by atoms with E-state index in [2.05, 4.69) is 37.6 Å². The highest BCUT2D eigenvalue weighted by Gasteiger charge is 2.15. The fraction of sp³-hybridized carbons (Fsp3) is 0.524. The van der Waals surface area contributed by atoms with Gasteiger partial charge in [-0.05, 0) is 44.1 Å². The highest BCUT2D eigenvalue weighted by Crippen LogP contribution is 2.15. The molecule has 0 unspecified atom stereocenters. The maximum absolute atomic E-state index is 12.5. The predicted molar refractivity (Wildman–Crippen MR) is 119 cm³/mol. The van der Waals surface area contributed by atoms with Gasteiger partial charge < -0.3 is 20.4 Å². The molecule has 0 saturated carbocycles. The molecule has 1 fully saturated rings. The van der Waals surface area contributed by atoms with Crippen molar-refractivity contribution in [2.45, 2.75) is 26.7 Å². The molecule has 30 heavy (non-hydrogen) atoms. The lowest BCUT2D eigenvalue weighted by Crippen LogP contribution is -2.46. The van der Waals surface area contributed by atoms with Crippen LogP contribution in [-0.4, -0.2) is 77.6 Å². The number of aryl methyl sites for hydroxylation is 1. The van der Waals surface area contributed by atoms with Gasteiger partial charge in [-0.3, -0.25) is 9.59 Å². The van der Waals surface area contributed by atoms with Crippen LogP contribution in [0.5, 0.6) is 0 Å². The van der Waals surface area contributed by atoms with Gasteiger partial charge in [0, 0.05) is 44.0 Å². The van der Waals surface area contributed by atoms with Crippen LogP contribution >= 0.6 is 11.3 Å². The Hall–Kier alpha value is -2.36. The minimum Gasteiger partial charge on any atom is -0.352 e. The molecule has 0 atom stereocenters. The summed E-state index contributed by atoms with van der Waals surface area (Å²) in [5, 5.41) is 14.8. The van der Waals surface area contributed by atoms with E-state index >= 15 is 0 Å². The largest absolute Gasteiger partial charge is 0.352 e. The third-order valence-electron chi connectivity index (χ3n) is 5.19. The molecule has 1 aromatic carbocycles. The Morgan fingerprint density at radius 1 is 1.07 bits per heavy atom. The van der Waals surface area contributed by atoms with Gasteiger partial charge in [0.15, 0.2) is 0 Å². The lowest BCUT2D eigenvalue weighted by Gasteiger charge is -2.33.